The number of aromatic amines is 1. The van der Waals surface area contributed by atoms with Gasteiger partial charge < -0.3 is 19.0 Å². The highest BCUT2D eigenvalue weighted by molar-refractivity contribution is 6.30. The maximum atomic E-state index is 14.1. The highest BCUT2D eigenvalue weighted by Gasteiger charge is 2.35. The highest BCUT2D eigenvalue weighted by atomic mass is 35.5. The first-order valence-electron chi connectivity index (χ1n) is 14.1. The lowest BCUT2D eigenvalue weighted by molar-refractivity contribution is -0.144. The number of imidazole rings is 1. The normalized spacial score (nSPS) is 14.8. The monoisotopic (exact) mass is 665 g/mol. The number of piperidine rings is 1. The summed E-state index contributed by atoms with van der Waals surface area (Å²) in [6.07, 6.45) is -3.19. The van der Waals surface area contributed by atoms with Crippen LogP contribution in [-0.4, -0.2) is 54.3 Å². The van der Waals surface area contributed by atoms with Crippen molar-refractivity contribution in [2.75, 3.05) is 13.1 Å². The number of rotatable bonds is 9. The molecule has 9 nitrogen and oxygen atoms in total. The van der Waals surface area contributed by atoms with Crippen molar-refractivity contribution in [3.05, 3.63) is 82.3 Å². The highest BCUT2D eigenvalue weighted by Crippen LogP contribution is 2.35. The number of alkyl halides is 5. The maximum Gasteiger partial charge on any atom is 0.451 e. The second-order valence-corrected chi connectivity index (χ2v) is 11.2. The molecule has 5 aromatic rings. The van der Waals surface area contributed by atoms with E-state index >= 15 is 0 Å². The second kappa shape index (κ2) is 12.8. The van der Waals surface area contributed by atoms with Crippen LogP contribution in [0.4, 0.5) is 26.3 Å². The fourth-order valence-electron chi connectivity index (χ4n) is 5.40. The lowest BCUT2D eigenvalue weighted by Crippen LogP contribution is -2.33. The number of pyridine rings is 1. The largest absolute Gasteiger partial charge is 0.473 e. The van der Waals surface area contributed by atoms with Gasteiger partial charge in [-0.05, 0) is 56.3 Å². The van der Waals surface area contributed by atoms with E-state index in [1.54, 1.807) is 29.8 Å². The Labute approximate surface area is 263 Å². The molecule has 0 unspecified atom stereocenters. The van der Waals surface area contributed by atoms with Crippen molar-refractivity contribution in [1.29, 1.82) is 0 Å². The number of halogens is 7. The van der Waals surface area contributed by atoms with Crippen LogP contribution < -0.4 is 9.47 Å². The average molecular weight is 666 g/mol. The Morgan fingerprint density at radius 2 is 1.83 bits per heavy atom. The molecule has 1 saturated heterocycles. The van der Waals surface area contributed by atoms with Gasteiger partial charge in [0.2, 0.25) is 11.7 Å². The third kappa shape index (κ3) is 6.89. The first-order chi connectivity index (χ1) is 21.9. The van der Waals surface area contributed by atoms with E-state index in [-0.39, 0.29) is 35.2 Å². The van der Waals surface area contributed by atoms with Gasteiger partial charge in [-0.2, -0.15) is 22.0 Å². The van der Waals surface area contributed by atoms with E-state index in [0.29, 0.717) is 47.4 Å². The molecule has 0 radical (unpaired) electrons. The molecule has 2 aromatic carbocycles. The first-order valence-corrected chi connectivity index (χ1v) is 14.5. The van der Waals surface area contributed by atoms with E-state index in [9.17, 15) is 26.3 Å². The van der Waals surface area contributed by atoms with Crippen molar-refractivity contribution in [2.45, 2.75) is 44.7 Å². The Bertz CT molecular complexity index is 1850. The SMILES string of the molecule is Cn1c(CN2CCC(c3cccc(OCc4ccc(Cl)cc4F)n3)CC2)nc2c(OC(F)F)cc(-c3nnc(C(F)(F)F)[nH]3)cc21. The Hall–Kier alpha value is -4.37. The van der Waals surface area contributed by atoms with E-state index < -0.39 is 24.4 Å². The summed E-state index contributed by atoms with van der Waals surface area (Å²) in [5.74, 6) is -1.21. The molecule has 46 heavy (non-hydrogen) atoms. The number of nitrogens with zero attached hydrogens (tertiary/aromatic N) is 6. The average Bonchev–Trinajstić information content (AvgIpc) is 3.63. The molecule has 4 heterocycles. The molecule has 0 amide bonds. The molecule has 1 fully saturated rings. The molecule has 0 spiro atoms. The van der Waals surface area contributed by atoms with Crippen LogP contribution in [0.5, 0.6) is 11.6 Å². The molecule has 242 valence electrons. The summed E-state index contributed by atoms with van der Waals surface area (Å²) < 4.78 is 92.0. The summed E-state index contributed by atoms with van der Waals surface area (Å²) in [4.78, 5) is 13.4. The van der Waals surface area contributed by atoms with Gasteiger partial charge in [0.25, 0.3) is 0 Å². The van der Waals surface area contributed by atoms with E-state index in [4.69, 9.17) is 21.1 Å². The predicted octanol–water partition coefficient (Wildman–Crippen LogP) is 7.12. The molecule has 1 aliphatic rings. The lowest BCUT2D eigenvalue weighted by Gasteiger charge is -2.31. The summed E-state index contributed by atoms with van der Waals surface area (Å²) >= 11 is 5.82. The smallest absolute Gasteiger partial charge is 0.451 e. The van der Waals surface area contributed by atoms with Crippen LogP contribution in [0, 0.1) is 5.82 Å². The number of aryl methyl sites for hydroxylation is 1. The molecule has 0 bridgehead atoms. The zero-order valence-corrected chi connectivity index (χ0v) is 24.9. The lowest BCUT2D eigenvalue weighted by atomic mass is 9.93. The van der Waals surface area contributed by atoms with Gasteiger partial charge in [-0.15, -0.1) is 10.2 Å². The predicted molar refractivity (Wildman–Crippen MR) is 155 cm³/mol. The van der Waals surface area contributed by atoms with Crippen molar-refractivity contribution in [2.24, 2.45) is 7.05 Å². The molecule has 0 aliphatic carbocycles. The molecule has 1 N–H and O–H groups in total. The van der Waals surface area contributed by atoms with Crippen LogP contribution in [0.15, 0.2) is 48.5 Å². The summed E-state index contributed by atoms with van der Waals surface area (Å²) in [7, 11) is 1.69. The Morgan fingerprint density at radius 3 is 2.52 bits per heavy atom. The number of hydrogen-bond acceptors (Lipinski definition) is 7. The summed E-state index contributed by atoms with van der Waals surface area (Å²) in [6, 6.07) is 12.5. The molecule has 16 heteroatoms. The third-order valence-corrected chi connectivity index (χ3v) is 8.03. The topological polar surface area (TPSA) is 94.0 Å². The van der Waals surface area contributed by atoms with Gasteiger partial charge in [0, 0.05) is 40.9 Å². The van der Waals surface area contributed by atoms with Crippen molar-refractivity contribution >= 4 is 22.6 Å². The molecule has 3 aromatic heterocycles. The van der Waals surface area contributed by atoms with Gasteiger partial charge >= 0.3 is 12.8 Å². The molecule has 1 aliphatic heterocycles. The van der Waals surface area contributed by atoms with E-state index in [2.05, 4.69) is 30.0 Å². The number of ether oxygens (including phenoxy) is 2. The Kier molecular flexibility index (Phi) is 8.79. The van der Waals surface area contributed by atoms with Crippen molar-refractivity contribution in [1.82, 2.24) is 34.6 Å². The van der Waals surface area contributed by atoms with Gasteiger partial charge in [-0.25, -0.2) is 14.4 Å². The molecular weight excluding hydrogens is 640 g/mol. The van der Waals surface area contributed by atoms with E-state index in [1.165, 1.54) is 12.1 Å². The molecule has 0 saturated carbocycles. The quantitative estimate of drug-likeness (QED) is 0.168. The van der Waals surface area contributed by atoms with Crippen LogP contribution in [0.3, 0.4) is 0 Å². The van der Waals surface area contributed by atoms with Gasteiger partial charge in [0.1, 0.15) is 23.8 Å². The molecule has 6 rings (SSSR count). The van der Waals surface area contributed by atoms with Crippen LogP contribution in [0.1, 0.15) is 41.7 Å². The fraction of sp³-hybridized carbons (Fsp3) is 0.333. The third-order valence-electron chi connectivity index (χ3n) is 7.80. The standard InChI is InChI=1S/C30H26ClF6N7O2/c1-43-22-11-18(27-40-28(42-41-27)30(35,36)37)12-23(46-29(33)34)26(22)39-24(43)14-44-9-7-16(8-10-44)21-3-2-4-25(38-21)45-15-17-5-6-19(31)13-20(17)32/h2-6,11-13,16,29H,7-10,14-15H2,1H3,(H,40,41,42). The molecule has 0 atom stereocenters. The zero-order chi connectivity index (χ0) is 32.6. The number of aromatic nitrogens is 6. The van der Waals surface area contributed by atoms with Crippen LogP contribution >= 0.6 is 11.6 Å². The fourth-order valence-corrected chi connectivity index (χ4v) is 5.56. The number of benzene rings is 2. The number of hydrogen-bond donors (Lipinski definition) is 1. The van der Waals surface area contributed by atoms with Gasteiger partial charge in [-0.1, -0.05) is 23.7 Å². The Balaban J connectivity index is 1.14. The van der Waals surface area contributed by atoms with E-state index in [0.717, 1.165) is 24.6 Å². The summed E-state index contributed by atoms with van der Waals surface area (Å²) in [6.45, 7) is -1.39. The van der Waals surface area contributed by atoms with Gasteiger partial charge in [0.05, 0.1) is 12.1 Å². The number of likely N-dealkylation sites (tertiary alicyclic amines) is 1. The molecular formula is C30H26ClF6N7O2. The van der Waals surface area contributed by atoms with Crippen molar-refractivity contribution < 1.29 is 35.8 Å². The minimum atomic E-state index is -4.75. The summed E-state index contributed by atoms with van der Waals surface area (Å²) in [5, 5.41) is 6.96. The number of fused-ring (bicyclic) bond motifs is 1. The van der Waals surface area contributed by atoms with Crippen LogP contribution in [-0.2, 0) is 26.4 Å². The first kappa shape index (κ1) is 31.6. The van der Waals surface area contributed by atoms with Gasteiger partial charge in [0.15, 0.2) is 11.6 Å². The summed E-state index contributed by atoms with van der Waals surface area (Å²) in [5.41, 5.74) is 1.83. The Morgan fingerprint density at radius 1 is 1.04 bits per heavy atom. The van der Waals surface area contributed by atoms with Crippen LogP contribution in [0.2, 0.25) is 5.02 Å². The zero-order valence-electron chi connectivity index (χ0n) is 24.2. The van der Waals surface area contributed by atoms with E-state index in [1.807, 2.05) is 12.1 Å². The van der Waals surface area contributed by atoms with Crippen molar-refractivity contribution in [3.63, 3.8) is 0 Å². The van der Waals surface area contributed by atoms with Crippen LogP contribution in [0.25, 0.3) is 22.4 Å². The minimum absolute atomic E-state index is 0.00841. The number of nitrogens with one attached hydrogen (secondary N) is 1. The number of H-pyrrole nitrogens is 1. The maximum absolute atomic E-state index is 14.1. The second-order valence-electron chi connectivity index (χ2n) is 10.8. The van der Waals surface area contributed by atoms with Gasteiger partial charge in [-0.3, -0.25) is 4.90 Å². The van der Waals surface area contributed by atoms with Crippen molar-refractivity contribution in [3.8, 4) is 23.0 Å². The minimum Gasteiger partial charge on any atom is -0.473 e.